The van der Waals surface area contributed by atoms with Crippen LogP contribution in [0.4, 0.5) is 4.39 Å². The summed E-state index contributed by atoms with van der Waals surface area (Å²) in [7, 11) is 2.11. The molecule has 0 bridgehead atoms. The third-order valence-corrected chi connectivity index (χ3v) is 5.56. The van der Waals surface area contributed by atoms with Crippen LogP contribution in [-0.4, -0.2) is 47.7 Å². The fourth-order valence-corrected chi connectivity index (χ4v) is 3.93. The second-order valence-electron chi connectivity index (χ2n) is 7.44. The van der Waals surface area contributed by atoms with E-state index in [2.05, 4.69) is 11.9 Å². The van der Waals surface area contributed by atoms with Crippen molar-refractivity contribution in [3.63, 3.8) is 0 Å². The molecule has 1 amide bonds. The van der Waals surface area contributed by atoms with Crippen LogP contribution in [0.2, 0.25) is 0 Å². The van der Waals surface area contributed by atoms with Crippen molar-refractivity contribution in [1.82, 2.24) is 9.91 Å². The van der Waals surface area contributed by atoms with Crippen LogP contribution < -0.4 is 0 Å². The van der Waals surface area contributed by atoms with Crippen molar-refractivity contribution in [2.45, 2.75) is 31.2 Å². The summed E-state index contributed by atoms with van der Waals surface area (Å²) >= 11 is 0. The fraction of sp³-hybridized carbons (Fsp3) is 0.364. The van der Waals surface area contributed by atoms with E-state index in [1.54, 1.807) is 17.1 Å². The highest BCUT2D eigenvalue weighted by Gasteiger charge is 2.37. The number of hydrogen-bond donors (Lipinski definition) is 0. The van der Waals surface area contributed by atoms with Gasteiger partial charge in [0.15, 0.2) is 0 Å². The Morgan fingerprint density at radius 1 is 1.00 bits per heavy atom. The number of piperidine rings is 1. The molecule has 1 saturated heterocycles. The van der Waals surface area contributed by atoms with Crippen LogP contribution in [0, 0.1) is 5.82 Å². The van der Waals surface area contributed by atoms with E-state index in [0.717, 1.165) is 42.8 Å². The highest BCUT2D eigenvalue weighted by Crippen LogP contribution is 2.32. The van der Waals surface area contributed by atoms with Crippen molar-refractivity contribution in [2.75, 3.05) is 20.1 Å². The lowest BCUT2D eigenvalue weighted by Crippen LogP contribution is -2.48. The lowest BCUT2D eigenvalue weighted by molar-refractivity contribution is -0.136. The predicted molar refractivity (Wildman–Crippen MR) is 104 cm³/mol. The van der Waals surface area contributed by atoms with E-state index in [-0.39, 0.29) is 23.7 Å². The first-order valence-electron chi connectivity index (χ1n) is 9.52. The normalized spacial score (nSPS) is 22.0. The number of rotatable bonds is 3. The number of hydrogen-bond acceptors (Lipinski definition) is 3. The zero-order valence-corrected chi connectivity index (χ0v) is 15.5. The average molecular weight is 365 g/mol. The molecule has 0 radical (unpaired) electrons. The van der Waals surface area contributed by atoms with Crippen LogP contribution in [0.15, 0.2) is 59.7 Å². The number of likely N-dealkylation sites (tertiary alicyclic amines) is 1. The number of nitrogens with zero attached hydrogens (tertiary/aromatic N) is 3. The van der Waals surface area contributed by atoms with Crippen LogP contribution in [0.5, 0.6) is 0 Å². The molecular weight excluding hydrogens is 341 g/mol. The first-order chi connectivity index (χ1) is 13.1. The number of halogens is 1. The number of benzene rings is 2. The minimum Gasteiger partial charge on any atom is -0.306 e. The maximum Gasteiger partial charge on any atom is 0.250 e. The standard InChI is InChI=1S/C22H24FN3O/c1-25-13-11-19(12-14-25)26-22(27)20(16-5-3-2-4-6-16)15-21(24-26)17-7-9-18(23)10-8-17/h2-10,19-20H,11-15H2,1H3. The molecular formula is C22H24FN3O. The molecule has 0 spiro atoms. The molecule has 1 unspecified atom stereocenters. The number of amides is 1. The summed E-state index contributed by atoms with van der Waals surface area (Å²) in [5.41, 5.74) is 2.74. The fourth-order valence-electron chi connectivity index (χ4n) is 3.93. The molecule has 2 aliphatic rings. The minimum atomic E-state index is -0.266. The highest BCUT2D eigenvalue weighted by atomic mass is 19.1. The van der Waals surface area contributed by atoms with Crippen molar-refractivity contribution in [3.05, 3.63) is 71.5 Å². The van der Waals surface area contributed by atoms with Gasteiger partial charge in [0.25, 0.3) is 5.91 Å². The minimum absolute atomic E-state index is 0.0709. The summed E-state index contributed by atoms with van der Waals surface area (Å²) in [6, 6.07) is 16.4. The smallest absolute Gasteiger partial charge is 0.250 e. The maximum absolute atomic E-state index is 13.4. The molecule has 5 heteroatoms. The van der Waals surface area contributed by atoms with E-state index in [0.29, 0.717) is 6.42 Å². The van der Waals surface area contributed by atoms with E-state index in [4.69, 9.17) is 5.10 Å². The molecule has 0 N–H and O–H groups in total. The van der Waals surface area contributed by atoms with Crippen LogP contribution in [-0.2, 0) is 4.79 Å². The van der Waals surface area contributed by atoms with Gasteiger partial charge >= 0.3 is 0 Å². The average Bonchev–Trinajstić information content (AvgIpc) is 2.70. The quantitative estimate of drug-likeness (QED) is 0.833. The van der Waals surface area contributed by atoms with Crippen molar-refractivity contribution < 1.29 is 9.18 Å². The van der Waals surface area contributed by atoms with Crippen LogP contribution in [0.3, 0.4) is 0 Å². The predicted octanol–water partition coefficient (Wildman–Crippen LogP) is 3.64. The van der Waals surface area contributed by atoms with Crippen LogP contribution >= 0.6 is 0 Å². The molecule has 4 nitrogen and oxygen atoms in total. The summed E-state index contributed by atoms with van der Waals surface area (Å²) in [6.07, 6.45) is 2.38. The van der Waals surface area contributed by atoms with Gasteiger partial charge in [-0.2, -0.15) is 5.10 Å². The van der Waals surface area contributed by atoms with Gasteiger partial charge < -0.3 is 4.90 Å². The molecule has 2 aromatic rings. The second-order valence-corrected chi connectivity index (χ2v) is 7.44. The van der Waals surface area contributed by atoms with Gasteiger partial charge in [-0.05, 0) is 56.2 Å². The van der Waals surface area contributed by atoms with E-state index in [1.165, 1.54) is 12.1 Å². The zero-order chi connectivity index (χ0) is 18.8. The number of carbonyl (C=O) groups excluding carboxylic acids is 1. The van der Waals surface area contributed by atoms with E-state index in [9.17, 15) is 9.18 Å². The molecule has 2 aliphatic heterocycles. The molecule has 1 atom stereocenters. The molecule has 27 heavy (non-hydrogen) atoms. The zero-order valence-electron chi connectivity index (χ0n) is 15.5. The molecule has 1 fully saturated rings. The first-order valence-corrected chi connectivity index (χ1v) is 9.52. The number of carbonyl (C=O) groups is 1. The Morgan fingerprint density at radius 3 is 2.33 bits per heavy atom. The third-order valence-electron chi connectivity index (χ3n) is 5.56. The molecule has 2 heterocycles. The van der Waals surface area contributed by atoms with Gasteiger partial charge in [0.1, 0.15) is 5.82 Å². The van der Waals surface area contributed by atoms with Gasteiger partial charge in [0.05, 0.1) is 17.7 Å². The van der Waals surface area contributed by atoms with Gasteiger partial charge in [-0.15, -0.1) is 0 Å². The first kappa shape index (κ1) is 17.9. The molecule has 0 saturated carbocycles. The van der Waals surface area contributed by atoms with Gasteiger partial charge in [-0.3, -0.25) is 4.79 Å². The van der Waals surface area contributed by atoms with Crippen molar-refractivity contribution in [3.8, 4) is 0 Å². The van der Waals surface area contributed by atoms with Crippen LogP contribution in [0.1, 0.15) is 36.3 Å². The maximum atomic E-state index is 13.4. The van der Waals surface area contributed by atoms with Gasteiger partial charge in [-0.1, -0.05) is 42.5 Å². The van der Waals surface area contributed by atoms with Crippen LogP contribution in [0.25, 0.3) is 0 Å². The molecule has 0 aliphatic carbocycles. The van der Waals surface area contributed by atoms with Crippen molar-refractivity contribution >= 4 is 11.6 Å². The molecule has 140 valence electrons. The van der Waals surface area contributed by atoms with Gasteiger partial charge in [0, 0.05) is 6.42 Å². The Labute approximate surface area is 159 Å². The number of hydrazone groups is 1. The Hall–Kier alpha value is -2.53. The largest absolute Gasteiger partial charge is 0.306 e. The third kappa shape index (κ3) is 3.78. The lowest BCUT2D eigenvalue weighted by Gasteiger charge is -2.38. The monoisotopic (exact) mass is 365 g/mol. The summed E-state index contributed by atoms with van der Waals surface area (Å²) in [6.45, 7) is 1.93. The SMILES string of the molecule is CN1CCC(N2N=C(c3ccc(F)cc3)CC(c3ccccc3)C2=O)CC1. The van der Waals surface area contributed by atoms with E-state index >= 15 is 0 Å². The second kappa shape index (κ2) is 7.61. The van der Waals surface area contributed by atoms with E-state index in [1.807, 2.05) is 30.3 Å². The Bertz CT molecular complexity index is 826. The van der Waals surface area contributed by atoms with Gasteiger partial charge in [-0.25, -0.2) is 9.40 Å². The topological polar surface area (TPSA) is 35.9 Å². The summed E-state index contributed by atoms with van der Waals surface area (Å²) in [5, 5.41) is 6.46. The van der Waals surface area contributed by atoms with E-state index < -0.39 is 0 Å². The van der Waals surface area contributed by atoms with Crippen molar-refractivity contribution in [2.24, 2.45) is 5.10 Å². The lowest BCUT2D eigenvalue weighted by atomic mass is 9.88. The summed E-state index contributed by atoms with van der Waals surface area (Å²) in [5.74, 6) is -0.442. The van der Waals surface area contributed by atoms with Crippen molar-refractivity contribution in [1.29, 1.82) is 0 Å². The summed E-state index contributed by atoms with van der Waals surface area (Å²) in [4.78, 5) is 15.6. The molecule has 2 aromatic carbocycles. The Kier molecular flexibility index (Phi) is 5.03. The molecule has 0 aromatic heterocycles. The Morgan fingerprint density at radius 2 is 1.67 bits per heavy atom. The Balaban J connectivity index is 1.69. The summed E-state index contributed by atoms with van der Waals surface area (Å²) < 4.78 is 13.4. The van der Waals surface area contributed by atoms with Gasteiger partial charge in [0.2, 0.25) is 0 Å². The highest BCUT2D eigenvalue weighted by molar-refractivity contribution is 6.06. The molecule has 4 rings (SSSR count).